The molecule has 1 amide bonds. The molecule has 0 radical (unpaired) electrons. The molecule has 0 unspecified atom stereocenters. The van der Waals surface area contributed by atoms with Crippen LogP contribution in [-0.4, -0.2) is 10.9 Å². The highest BCUT2D eigenvalue weighted by atomic mass is 79.9. The monoisotopic (exact) mass is 316 g/mol. The molecule has 0 spiro atoms. The van der Waals surface area contributed by atoms with Crippen molar-refractivity contribution in [3.05, 3.63) is 44.3 Å². The molecule has 2 aromatic rings. The summed E-state index contributed by atoms with van der Waals surface area (Å²) >= 11 is 10.6. The van der Waals surface area contributed by atoms with E-state index in [1.54, 1.807) is 23.7 Å². The molecule has 3 nitrogen and oxygen atoms in total. The third-order valence-electron chi connectivity index (χ3n) is 1.84. The molecule has 82 valence electrons. The van der Waals surface area contributed by atoms with Crippen molar-refractivity contribution in [3.63, 3.8) is 0 Å². The second kappa shape index (κ2) is 4.95. The summed E-state index contributed by atoms with van der Waals surface area (Å²) in [6, 6.07) is 3.46. The van der Waals surface area contributed by atoms with Crippen LogP contribution >= 0.6 is 38.9 Å². The Hall–Kier alpha value is -0.910. The van der Waals surface area contributed by atoms with Crippen LogP contribution in [0.15, 0.2) is 33.6 Å². The first-order valence-electron chi connectivity index (χ1n) is 4.31. The molecule has 0 saturated carbocycles. The lowest BCUT2D eigenvalue weighted by atomic mass is 10.3. The number of anilines is 1. The molecular weight excluding hydrogens is 312 g/mol. The van der Waals surface area contributed by atoms with E-state index < -0.39 is 0 Å². The van der Waals surface area contributed by atoms with Crippen LogP contribution in [0.4, 0.5) is 5.69 Å². The molecule has 0 saturated heterocycles. The van der Waals surface area contributed by atoms with Crippen molar-refractivity contribution < 1.29 is 4.79 Å². The molecule has 0 aliphatic heterocycles. The van der Waals surface area contributed by atoms with Gasteiger partial charge in [0.25, 0.3) is 5.91 Å². The maximum absolute atomic E-state index is 11.7. The Labute approximate surface area is 110 Å². The van der Waals surface area contributed by atoms with E-state index in [9.17, 15) is 4.79 Å². The summed E-state index contributed by atoms with van der Waals surface area (Å²) in [5.41, 5.74) is 1.10. The summed E-state index contributed by atoms with van der Waals surface area (Å²) in [6.07, 6.45) is 1.57. The van der Waals surface area contributed by atoms with Gasteiger partial charge in [-0.3, -0.25) is 4.79 Å². The highest BCUT2D eigenvalue weighted by Gasteiger charge is 2.09. The SMILES string of the molecule is O=C(Nc1cc(Br)cnc1Cl)c1ccsc1. The molecule has 0 aliphatic carbocycles. The first kappa shape index (κ1) is 11.6. The zero-order valence-corrected chi connectivity index (χ0v) is 11.1. The number of carbonyl (C=O) groups is 1. The summed E-state index contributed by atoms with van der Waals surface area (Å²) in [4.78, 5) is 15.7. The highest BCUT2D eigenvalue weighted by molar-refractivity contribution is 9.10. The van der Waals surface area contributed by atoms with E-state index in [2.05, 4.69) is 26.2 Å². The van der Waals surface area contributed by atoms with Gasteiger partial charge in [-0.15, -0.1) is 0 Å². The average Bonchev–Trinajstić information content (AvgIpc) is 2.76. The van der Waals surface area contributed by atoms with E-state index in [1.807, 2.05) is 5.38 Å². The van der Waals surface area contributed by atoms with Gasteiger partial charge in [-0.1, -0.05) is 11.6 Å². The van der Waals surface area contributed by atoms with E-state index in [4.69, 9.17) is 11.6 Å². The average molecular weight is 318 g/mol. The van der Waals surface area contributed by atoms with Gasteiger partial charge >= 0.3 is 0 Å². The Morgan fingerprint density at radius 3 is 3.06 bits per heavy atom. The largest absolute Gasteiger partial charge is 0.319 e. The Bertz CT molecular complexity index is 516. The Morgan fingerprint density at radius 2 is 2.38 bits per heavy atom. The van der Waals surface area contributed by atoms with Crippen LogP contribution in [0, 0.1) is 0 Å². The summed E-state index contributed by atoms with van der Waals surface area (Å²) in [5.74, 6) is -0.192. The molecule has 2 rings (SSSR count). The fourth-order valence-corrected chi connectivity index (χ4v) is 2.22. The van der Waals surface area contributed by atoms with Crippen LogP contribution in [0.1, 0.15) is 10.4 Å². The highest BCUT2D eigenvalue weighted by Crippen LogP contribution is 2.23. The van der Waals surface area contributed by atoms with Crippen LogP contribution in [0.2, 0.25) is 5.15 Å². The molecule has 6 heteroatoms. The van der Waals surface area contributed by atoms with Gasteiger partial charge in [-0.05, 0) is 33.4 Å². The Balaban J connectivity index is 2.21. The fourth-order valence-electron chi connectivity index (χ4n) is 1.10. The minimum Gasteiger partial charge on any atom is -0.319 e. The van der Waals surface area contributed by atoms with Crippen molar-refractivity contribution in [1.82, 2.24) is 4.98 Å². The summed E-state index contributed by atoms with van der Waals surface area (Å²) in [6.45, 7) is 0. The number of nitrogens with one attached hydrogen (secondary N) is 1. The molecule has 0 fully saturated rings. The van der Waals surface area contributed by atoms with Crippen LogP contribution in [-0.2, 0) is 0 Å². The molecule has 2 heterocycles. The lowest BCUT2D eigenvalue weighted by Gasteiger charge is -2.05. The lowest BCUT2D eigenvalue weighted by Crippen LogP contribution is -2.11. The van der Waals surface area contributed by atoms with E-state index in [1.165, 1.54) is 11.3 Å². The van der Waals surface area contributed by atoms with Gasteiger partial charge in [-0.2, -0.15) is 11.3 Å². The van der Waals surface area contributed by atoms with Crippen molar-refractivity contribution in [1.29, 1.82) is 0 Å². The van der Waals surface area contributed by atoms with Gasteiger partial charge < -0.3 is 5.32 Å². The van der Waals surface area contributed by atoms with E-state index in [-0.39, 0.29) is 11.1 Å². The zero-order valence-electron chi connectivity index (χ0n) is 7.91. The summed E-state index contributed by atoms with van der Waals surface area (Å²) in [5, 5.41) is 6.58. The first-order chi connectivity index (χ1) is 7.66. The number of nitrogens with zero attached hydrogens (tertiary/aromatic N) is 1. The molecule has 2 aromatic heterocycles. The summed E-state index contributed by atoms with van der Waals surface area (Å²) < 4.78 is 0.762. The number of rotatable bonds is 2. The molecule has 16 heavy (non-hydrogen) atoms. The predicted octanol–water partition coefficient (Wildman–Crippen LogP) is 3.81. The molecule has 0 bridgehead atoms. The third kappa shape index (κ3) is 2.61. The van der Waals surface area contributed by atoms with Crippen molar-refractivity contribution in [2.24, 2.45) is 0 Å². The summed E-state index contributed by atoms with van der Waals surface area (Å²) in [7, 11) is 0. The first-order valence-corrected chi connectivity index (χ1v) is 6.43. The van der Waals surface area contributed by atoms with Crippen molar-refractivity contribution in [2.45, 2.75) is 0 Å². The van der Waals surface area contributed by atoms with Gasteiger partial charge in [0.2, 0.25) is 0 Å². The van der Waals surface area contributed by atoms with Crippen LogP contribution in [0.5, 0.6) is 0 Å². The maximum atomic E-state index is 11.7. The van der Waals surface area contributed by atoms with Crippen LogP contribution in [0.25, 0.3) is 0 Å². The second-order valence-corrected chi connectivity index (χ2v) is 5.01. The minimum atomic E-state index is -0.192. The van der Waals surface area contributed by atoms with E-state index in [0.29, 0.717) is 11.3 Å². The molecular formula is C10H6BrClN2OS. The van der Waals surface area contributed by atoms with Gasteiger partial charge in [0, 0.05) is 16.0 Å². The second-order valence-electron chi connectivity index (χ2n) is 2.96. The Kier molecular flexibility index (Phi) is 3.58. The van der Waals surface area contributed by atoms with Gasteiger partial charge in [0.15, 0.2) is 5.15 Å². The van der Waals surface area contributed by atoms with Gasteiger partial charge in [-0.25, -0.2) is 4.98 Å². The quantitative estimate of drug-likeness (QED) is 0.856. The molecule has 0 aliphatic rings. The van der Waals surface area contributed by atoms with E-state index >= 15 is 0 Å². The number of halogens is 2. The zero-order chi connectivity index (χ0) is 11.5. The fraction of sp³-hybridized carbons (Fsp3) is 0. The standard InChI is InChI=1S/C10H6BrClN2OS/c11-7-3-8(9(12)13-4-7)14-10(15)6-1-2-16-5-6/h1-5H,(H,14,15). The number of hydrogen-bond donors (Lipinski definition) is 1. The predicted molar refractivity (Wildman–Crippen MR) is 69.2 cm³/mol. The van der Waals surface area contributed by atoms with Crippen LogP contribution in [0.3, 0.4) is 0 Å². The molecule has 0 aromatic carbocycles. The van der Waals surface area contributed by atoms with Crippen LogP contribution < -0.4 is 5.32 Å². The minimum absolute atomic E-state index is 0.192. The number of thiophene rings is 1. The number of amides is 1. The normalized spacial score (nSPS) is 10.1. The lowest BCUT2D eigenvalue weighted by molar-refractivity contribution is 0.102. The van der Waals surface area contributed by atoms with Gasteiger partial charge in [0.05, 0.1) is 11.3 Å². The van der Waals surface area contributed by atoms with Crippen molar-refractivity contribution in [2.75, 3.05) is 5.32 Å². The number of carbonyl (C=O) groups excluding carboxylic acids is 1. The number of pyridine rings is 1. The van der Waals surface area contributed by atoms with Gasteiger partial charge in [0.1, 0.15) is 0 Å². The van der Waals surface area contributed by atoms with Crippen molar-refractivity contribution in [3.8, 4) is 0 Å². The third-order valence-corrected chi connectivity index (χ3v) is 3.26. The van der Waals surface area contributed by atoms with E-state index in [0.717, 1.165) is 4.47 Å². The smallest absolute Gasteiger partial charge is 0.256 e. The van der Waals surface area contributed by atoms with Crippen molar-refractivity contribution >= 4 is 50.5 Å². The molecule has 1 N–H and O–H groups in total. The topological polar surface area (TPSA) is 42.0 Å². The molecule has 0 atom stereocenters. The number of hydrogen-bond acceptors (Lipinski definition) is 3. The maximum Gasteiger partial charge on any atom is 0.256 e. The Morgan fingerprint density at radius 1 is 1.56 bits per heavy atom. The number of aromatic nitrogens is 1.